The molecule has 3 heterocycles. The number of nitrogens with zero attached hydrogens (tertiary/aromatic N) is 5. The lowest BCUT2D eigenvalue weighted by atomic mass is 10.2. The van der Waals surface area contributed by atoms with Gasteiger partial charge < -0.3 is 5.32 Å². The molecule has 0 amide bonds. The predicted molar refractivity (Wildman–Crippen MR) is 97.4 cm³/mol. The van der Waals surface area contributed by atoms with Crippen LogP contribution in [-0.4, -0.2) is 29.9 Å². The number of nitrogens with one attached hydrogen (secondary N) is 2. The highest BCUT2D eigenvalue weighted by atomic mass is 19.1. The molecule has 3 aromatic heterocycles. The molecule has 0 fully saturated rings. The third kappa shape index (κ3) is 3.35. The quantitative estimate of drug-likeness (QED) is 0.557. The van der Waals surface area contributed by atoms with E-state index in [0.29, 0.717) is 28.5 Å². The van der Waals surface area contributed by atoms with Gasteiger partial charge in [-0.05, 0) is 18.1 Å². The van der Waals surface area contributed by atoms with Crippen molar-refractivity contribution < 1.29 is 8.78 Å². The lowest BCUT2D eigenvalue weighted by Gasteiger charge is -2.08. The van der Waals surface area contributed by atoms with E-state index in [-0.39, 0.29) is 11.4 Å². The number of H-pyrrole nitrogens is 1. The molecule has 138 valence electrons. The number of halogens is 2. The minimum Gasteiger partial charge on any atom is -0.336 e. The van der Waals surface area contributed by atoms with Crippen LogP contribution in [0.15, 0.2) is 36.8 Å². The summed E-state index contributed by atoms with van der Waals surface area (Å²) in [6.07, 6.45) is 4.98. The molecule has 27 heavy (non-hydrogen) atoms. The largest absolute Gasteiger partial charge is 0.336 e. The molecule has 1 aromatic carbocycles. The molecule has 7 nitrogen and oxygen atoms in total. The van der Waals surface area contributed by atoms with Crippen molar-refractivity contribution in [3.05, 3.63) is 48.4 Å². The van der Waals surface area contributed by atoms with Crippen molar-refractivity contribution in [2.75, 3.05) is 5.32 Å². The number of fused-ring (bicyclic) bond motifs is 1. The highest BCUT2D eigenvalue weighted by Crippen LogP contribution is 2.28. The van der Waals surface area contributed by atoms with E-state index in [1.54, 1.807) is 6.20 Å². The number of anilines is 2. The van der Waals surface area contributed by atoms with E-state index < -0.39 is 11.6 Å². The normalized spacial score (nSPS) is 11.4. The Hall–Kier alpha value is -3.36. The summed E-state index contributed by atoms with van der Waals surface area (Å²) in [7, 11) is 0. The van der Waals surface area contributed by atoms with E-state index in [2.05, 4.69) is 44.4 Å². The molecule has 0 aliphatic rings. The Morgan fingerprint density at radius 3 is 2.67 bits per heavy atom. The van der Waals surface area contributed by atoms with Crippen molar-refractivity contribution in [1.29, 1.82) is 0 Å². The van der Waals surface area contributed by atoms with E-state index in [0.717, 1.165) is 6.54 Å². The lowest BCUT2D eigenvalue weighted by molar-refractivity contribution is 0.483. The third-order valence-corrected chi connectivity index (χ3v) is 3.93. The summed E-state index contributed by atoms with van der Waals surface area (Å²) in [6, 6.07) is 3.64. The van der Waals surface area contributed by atoms with Crippen LogP contribution in [0, 0.1) is 17.6 Å². The van der Waals surface area contributed by atoms with Crippen molar-refractivity contribution in [3.63, 3.8) is 0 Å². The zero-order chi connectivity index (χ0) is 19.0. The molecule has 0 spiro atoms. The summed E-state index contributed by atoms with van der Waals surface area (Å²) in [5.41, 5.74) is 1.40. The second kappa shape index (κ2) is 6.75. The zero-order valence-electron chi connectivity index (χ0n) is 14.7. The maximum Gasteiger partial charge on any atom is 0.168 e. The summed E-state index contributed by atoms with van der Waals surface area (Å²) >= 11 is 0. The van der Waals surface area contributed by atoms with Gasteiger partial charge in [-0.2, -0.15) is 10.2 Å². The van der Waals surface area contributed by atoms with Gasteiger partial charge in [0.05, 0.1) is 23.6 Å². The Balaban J connectivity index is 1.76. The second-order valence-electron chi connectivity index (χ2n) is 6.59. The molecular formula is C18H17F2N7. The lowest BCUT2D eigenvalue weighted by Crippen LogP contribution is -2.04. The van der Waals surface area contributed by atoms with Gasteiger partial charge in [0.25, 0.3) is 0 Å². The van der Waals surface area contributed by atoms with E-state index in [4.69, 9.17) is 0 Å². The number of hydrogen-bond donors (Lipinski definition) is 2. The standard InChI is InChI=1S/C18H17F2N7/c1-10(2)8-27-9-11(6-22-27)23-18-16-14(7-21-26-16)24-17(25-18)15-12(19)4-3-5-13(15)20/h3-7,9-10H,8H2,1-2H3,(H,21,26)(H,23,24,25). The first-order valence-corrected chi connectivity index (χ1v) is 8.46. The molecule has 0 saturated heterocycles. The summed E-state index contributed by atoms with van der Waals surface area (Å²) in [5.74, 6) is -0.704. The van der Waals surface area contributed by atoms with Gasteiger partial charge in [-0.25, -0.2) is 18.7 Å². The molecule has 0 atom stereocenters. The van der Waals surface area contributed by atoms with E-state index in [1.807, 2.05) is 10.9 Å². The number of aromatic amines is 1. The van der Waals surface area contributed by atoms with Crippen molar-refractivity contribution in [2.45, 2.75) is 20.4 Å². The first-order valence-electron chi connectivity index (χ1n) is 8.46. The Kier molecular flexibility index (Phi) is 4.27. The first-order chi connectivity index (χ1) is 13.0. The zero-order valence-corrected chi connectivity index (χ0v) is 14.7. The van der Waals surface area contributed by atoms with Crippen molar-refractivity contribution in [1.82, 2.24) is 29.9 Å². The molecular weight excluding hydrogens is 352 g/mol. The van der Waals surface area contributed by atoms with Gasteiger partial charge >= 0.3 is 0 Å². The maximum atomic E-state index is 14.2. The van der Waals surface area contributed by atoms with Crippen LogP contribution in [0.3, 0.4) is 0 Å². The molecule has 4 rings (SSSR count). The minimum absolute atomic E-state index is 0.0587. The van der Waals surface area contributed by atoms with Crippen molar-refractivity contribution >= 4 is 22.5 Å². The van der Waals surface area contributed by atoms with E-state index in [9.17, 15) is 8.78 Å². The fourth-order valence-corrected chi connectivity index (χ4v) is 2.79. The van der Waals surface area contributed by atoms with E-state index >= 15 is 0 Å². The minimum atomic E-state index is -0.728. The van der Waals surface area contributed by atoms with Crippen LogP contribution in [-0.2, 0) is 6.54 Å². The van der Waals surface area contributed by atoms with E-state index in [1.165, 1.54) is 24.4 Å². The number of benzene rings is 1. The van der Waals surface area contributed by atoms with Crippen molar-refractivity contribution in [2.24, 2.45) is 5.92 Å². The average molecular weight is 369 g/mol. The third-order valence-electron chi connectivity index (χ3n) is 3.93. The Morgan fingerprint density at radius 1 is 1.15 bits per heavy atom. The van der Waals surface area contributed by atoms with Crippen LogP contribution >= 0.6 is 0 Å². The summed E-state index contributed by atoms with van der Waals surface area (Å²) in [6.45, 7) is 4.97. The molecule has 0 aliphatic heterocycles. The highest BCUT2D eigenvalue weighted by molar-refractivity contribution is 5.88. The van der Waals surface area contributed by atoms with Crippen LogP contribution in [0.5, 0.6) is 0 Å². The van der Waals surface area contributed by atoms with Gasteiger partial charge in [0.1, 0.15) is 22.7 Å². The van der Waals surface area contributed by atoms with Gasteiger partial charge in [0.2, 0.25) is 0 Å². The summed E-state index contributed by atoms with van der Waals surface area (Å²) < 4.78 is 30.2. The Morgan fingerprint density at radius 2 is 1.93 bits per heavy atom. The number of hydrogen-bond acceptors (Lipinski definition) is 5. The van der Waals surface area contributed by atoms with Gasteiger partial charge in [-0.1, -0.05) is 19.9 Å². The summed E-state index contributed by atoms with van der Waals surface area (Å²) in [4.78, 5) is 8.55. The monoisotopic (exact) mass is 369 g/mol. The van der Waals surface area contributed by atoms with Crippen LogP contribution < -0.4 is 5.32 Å². The van der Waals surface area contributed by atoms with Gasteiger partial charge in [-0.3, -0.25) is 9.78 Å². The first kappa shape index (κ1) is 17.1. The molecule has 0 saturated carbocycles. The van der Waals surface area contributed by atoms with Crippen LogP contribution in [0.2, 0.25) is 0 Å². The second-order valence-corrected chi connectivity index (χ2v) is 6.59. The van der Waals surface area contributed by atoms with Gasteiger partial charge in [0.15, 0.2) is 11.6 Å². The molecule has 2 N–H and O–H groups in total. The fraction of sp³-hybridized carbons (Fsp3) is 0.222. The van der Waals surface area contributed by atoms with Crippen LogP contribution in [0.1, 0.15) is 13.8 Å². The van der Waals surface area contributed by atoms with Crippen LogP contribution in [0.4, 0.5) is 20.3 Å². The highest BCUT2D eigenvalue weighted by Gasteiger charge is 2.18. The molecule has 4 aromatic rings. The molecule has 0 unspecified atom stereocenters. The van der Waals surface area contributed by atoms with Gasteiger partial charge in [-0.15, -0.1) is 0 Å². The fourth-order valence-electron chi connectivity index (χ4n) is 2.79. The van der Waals surface area contributed by atoms with Crippen LogP contribution in [0.25, 0.3) is 22.4 Å². The molecule has 0 aliphatic carbocycles. The van der Waals surface area contributed by atoms with Gasteiger partial charge in [0, 0.05) is 12.7 Å². The molecule has 0 radical (unpaired) electrons. The summed E-state index contributed by atoms with van der Waals surface area (Å²) in [5, 5.41) is 14.2. The number of aromatic nitrogens is 6. The molecule has 0 bridgehead atoms. The average Bonchev–Trinajstić information content (AvgIpc) is 3.23. The SMILES string of the molecule is CC(C)Cn1cc(Nc2nc(-c3c(F)cccc3F)nc3cn[nH]c23)cn1. The smallest absolute Gasteiger partial charge is 0.168 e. The maximum absolute atomic E-state index is 14.2. The Bertz CT molecular complexity index is 1080. The Labute approximate surface area is 153 Å². The molecule has 9 heteroatoms. The van der Waals surface area contributed by atoms with Crippen molar-refractivity contribution in [3.8, 4) is 11.4 Å². The topological polar surface area (TPSA) is 84.3 Å². The number of rotatable bonds is 5. The predicted octanol–water partition coefficient (Wildman–Crippen LogP) is 3.89.